The first-order valence-electron chi connectivity index (χ1n) is 7.33. The number of amides is 2. The van der Waals surface area contributed by atoms with Crippen LogP contribution in [0.1, 0.15) is 5.56 Å². The molecule has 0 unspecified atom stereocenters. The Labute approximate surface area is 171 Å². The maximum atomic E-state index is 13.4. The lowest BCUT2D eigenvalue weighted by atomic mass is 10.1. The van der Waals surface area contributed by atoms with Crippen LogP contribution in [0, 0.1) is 5.82 Å². The summed E-state index contributed by atoms with van der Waals surface area (Å²) in [5, 5.41) is 18.1. The summed E-state index contributed by atoms with van der Waals surface area (Å²) < 4.78 is 52.9. The Morgan fingerprint density at radius 2 is 1.86 bits per heavy atom. The van der Waals surface area contributed by atoms with Gasteiger partial charge in [-0.15, -0.1) is 10.2 Å². The van der Waals surface area contributed by atoms with Crippen molar-refractivity contribution in [1.82, 2.24) is 20.6 Å². The standard InChI is InChI=1S/C15H8Br2F4N6O/c16-6-3-8(13-24-26-27-25-13)12(10(17)4-6)23-14(28)22-7-1-2-11(18)9(5-7)15(19,20)21/h1-5H,(H2,22,23,28)(H,24,25,26,27). The molecule has 1 heterocycles. The van der Waals surface area contributed by atoms with E-state index in [1.807, 2.05) is 0 Å². The summed E-state index contributed by atoms with van der Waals surface area (Å²) in [5.74, 6) is -1.26. The minimum atomic E-state index is -4.89. The predicted molar refractivity (Wildman–Crippen MR) is 99.1 cm³/mol. The number of aromatic amines is 1. The number of nitrogens with one attached hydrogen (secondary N) is 3. The van der Waals surface area contributed by atoms with Crippen LogP contribution in [0.25, 0.3) is 11.4 Å². The van der Waals surface area contributed by atoms with Gasteiger partial charge in [0.25, 0.3) is 0 Å². The molecule has 0 saturated carbocycles. The molecule has 0 bridgehead atoms. The fraction of sp³-hybridized carbons (Fsp3) is 0.0667. The van der Waals surface area contributed by atoms with Crippen LogP contribution in [-0.2, 0) is 6.18 Å². The topological polar surface area (TPSA) is 95.6 Å². The first-order valence-corrected chi connectivity index (χ1v) is 8.91. The summed E-state index contributed by atoms with van der Waals surface area (Å²) in [6.45, 7) is 0. The summed E-state index contributed by atoms with van der Waals surface area (Å²) in [5.41, 5.74) is -1.08. The third-order valence-corrected chi connectivity index (χ3v) is 4.49. The second kappa shape index (κ2) is 7.83. The zero-order valence-electron chi connectivity index (χ0n) is 13.4. The molecule has 2 amide bonds. The molecule has 0 atom stereocenters. The summed E-state index contributed by atoms with van der Waals surface area (Å²) >= 11 is 6.59. The summed E-state index contributed by atoms with van der Waals surface area (Å²) in [6, 6.07) is 4.54. The number of nitrogens with zero attached hydrogens (tertiary/aromatic N) is 3. The second-order valence-corrected chi connectivity index (χ2v) is 7.09. The molecule has 2 aromatic carbocycles. The van der Waals surface area contributed by atoms with Crippen molar-refractivity contribution in [2.24, 2.45) is 0 Å². The number of carbonyl (C=O) groups is 1. The van der Waals surface area contributed by atoms with E-state index >= 15 is 0 Å². The van der Waals surface area contributed by atoms with Crippen molar-refractivity contribution in [2.75, 3.05) is 10.6 Å². The molecule has 3 rings (SSSR count). The van der Waals surface area contributed by atoms with E-state index in [1.165, 1.54) is 0 Å². The molecule has 0 aliphatic heterocycles. The highest BCUT2D eigenvalue weighted by Crippen LogP contribution is 2.36. The third-order valence-electron chi connectivity index (χ3n) is 3.41. The number of benzene rings is 2. The molecule has 13 heteroatoms. The van der Waals surface area contributed by atoms with Crippen LogP contribution >= 0.6 is 31.9 Å². The van der Waals surface area contributed by atoms with E-state index in [2.05, 4.69) is 63.1 Å². The number of aromatic nitrogens is 4. The van der Waals surface area contributed by atoms with Crippen molar-refractivity contribution >= 4 is 49.3 Å². The molecule has 146 valence electrons. The molecule has 0 saturated heterocycles. The molecule has 0 fully saturated rings. The van der Waals surface area contributed by atoms with Crippen LogP contribution in [0.3, 0.4) is 0 Å². The van der Waals surface area contributed by atoms with Gasteiger partial charge >= 0.3 is 12.2 Å². The molecule has 3 aromatic rings. The van der Waals surface area contributed by atoms with Gasteiger partial charge in [-0.25, -0.2) is 9.18 Å². The van der Waals surface area contributed by atoms with Crippen molar-refractivity contribution < 1.29 is 22.4 Å². The first kappa shape index (κ1) is 20.2. The van der Waals surface area contributed by atoms with Crippen LogP contribution in [-0.4, -0.2) is 26.7 Å². The van der Waals surface area contributed by atoms with Gasteiger partial charge in [-0.1, -0.05) is 15.9 Å². The smallest absolute Gasteiger partial charge is 0.308 e. The first-order chi connectivity index (χ1) is 13.1. The average molecular weight is 524 g/mol. The Morgan fingerprint density at radius 1 is 1.11 bits per heavy atom. The second-order valence-electron chi connectivity index (χ2n) is 5.32. The van der Waals surface area contributed by atoms with Crippen molar-refractivity contribution in [3.8, 4) is 11.4 Å². The van der Waals surface area contributed by atoms with Gasteiger partial charge in [0, 0.05) is 20.2 Å². The molecule has 1 aromatic heterocycles. The van der Waals surface area contributed by atoms with Gasteiger partial charge in [0.05, 0.1) is 11.3 Å². The number of hydrogen-bond donors (Lipinski definition) is 3. The number of rotatable bonds is 3. The van der Waals surface area contributed by atoms with Crippen molar-refractivity contribution in [2.45, 2.75) is 6.18 Å². The van der Waals surface area contributed by atoms with Gasteiger partial charge in [0.15, 0.2) is 0 Å². The molecular formula is C15H8Br2F4N6O. The number of tetrazole rings is 1. The van der Waals surface area contributed by atoms with Gasteiger partial charge in [-0.05, 0) is 51.5 Å². The Kier molecular flexibility index (Phi) is 5.65. The van der Waals surface area contributed by atoms with E-state index in [0.29, 0.717) is 26.6 Å². The quantitative estimate of drug-likeness (QED) is 0.411. The van der Waals surface area contributed by atoms with Crippen molar-refractivity contribution in [3.63, 3.8) is 0 Å². The summed E-state index contributed by atoms with van der Waals surface area (Å²) in [4.78, 5) is 12.3. The van der Waals surface area contributed by atoms with Crippen molar-refractivity contribution in [1.29, 1.82) is 0 Å². The Balaban J connectivity index is 1.87. The molecule has 0 radical (unpaired) electrons. The monoisotopic (exact) mass is 522 g/mol. The average Bonchev–Trinajstić information content (AvgIpc) is 3.12. The highest BCUT2D eigenvalue weighted by atomic mass is 79.9. The van der Waals surface area contributed by atoms with Gasteiger partial charge in [0.2, 0.25) is 5.82 Å². The largest absolute Gasteiger partial charge is 0.419 e. The van der Waals surface area contributed by atoms with Gasteiger partial charge in [-0.3, -0.25) is 0 Å². The lowest BCUT2D eigenvalue weighted by Gasteiger charge is -2.14. The van der Waals surface area contributed by atoms with Crippen LogP contribution in [0.5, 0.6) is 0 Å². The minimum Gasteiger partial charge on any atom is -0.308 e. The van der Waals surface area contributed by atoms with Crippen LogP contribution in [0.4, 0.5) is 33.7 Å². The lowest BCUT2D eigenvalue weighted by molar-refractivity contribution is -0.139. The SMILES string of the molecule is O=C(Nc1ccc(F)c(C(F)(F)F)c1)Nc1c(Br)cc(Br)cc1-c1nn[nH]n1. The molecule has 0 spiro atoms. The molecular weight excluding hydrogens is 516 g/mol. The molecule has 0 aliphatic rings. The number of urea groups is 1. The maximum absolute atomic E-state index is 13.4. The normalized spacial score (nSPS) is 11.4. The molecule has 28 heavy (non-hydrogen) atoms. The number of hydrogen-bond acceptors (Lipinski definition) is 4. The Bertz CT molecular complexity index is 1030. The van der Waals surface area contributed by atoms with Gasteiger partial charge < -0.3 is 10.6 Å². The van der Waals surface area contributed by atoms with Crippen LogP contribution < -0.4 is 10.6 Å². The number of H-pyrrole nitrogens is 1. The van der Waals surface area contributed by atoms with E-state index in [4.69, 9.17) is 0 Å². The predicted octanol–water partition coefficient (Wildman–Crippen LogP) is 5.19. The van der Waals surface area contributed by atoms with Gasteiger partial charge in [0.1, 0.15) is 5.82 Å². The highest BCUT2D eigenvalue weighted by molar-refractivity contribution is 9.11. The van der Waals surface area contributed by atoms with Crippen LogP contribution in [0.15, 0.2) is 39.3 Å². The molecule has 7 nitrogen and oxygen atoms in total. The fourth-order valence-electron chi connectivity index (χ4n) is 2.25. The minimum absolute atomic E-state index is 0.179. The number of halogens is 6. The number of alkyl halides is 3. The van der Waals surface area contributed by atoms with E-state index in [-0.39, 0.29) is 17.2 Å². The lowest BCUT2D eigenvalue weighted by Crippen LogP contribution is -2.21. The third kappa shape index (κ3) is 4.47. The highest BCUT2D eigenvalue weighted by Gasteiger charge is 2.34. The number of anilines is 2. The number of carbonyl (C=O) groups excluding carboxylic acids is 1. The molecule has 3 N–H and O–H groups in total. The van der Waals surface area contributed by atoms with E-state index in [0.717, 1.165) is 6.07 Å². The zero-order valence-corrected chi connectivity index (χ0v) is 16.6. The molecule has 0 aliphatic carbocycles. The van der Waals surface area contributed by atoms with E-state index < -0.39 is 23.6 Å². The van der Waals surface area contributed by atoms with Crippen molar-refractivity contribution in [3.05, 3.63) is 50.7 Å². The Morgan fingerprint density at radius 3 is 2.50 bits per heavy atom. The zero-order chi connectivity index (χ0) is 20.5. The summed E-state index contributed by atoms with van der Waals surface area (Å²) in [7, 11) is 0. The Hall–Kier alpha value is -2.54. The van der Waals surface area contributed by atoms with Crippen LogP contribution in [0.2, 0.25) is 0 Å². The fourth-order valence-corrected chi connectivity index (χ4v) is 3.57. The summed E-state index contributed by atoms with van der Waals surface area (Å²) in [6.07, 6.45) is -4.89. The van der Waals surface area contributed by atoms with Gasteiger partial charge in [-0.2, -0.15) is 18.4 Å². The van der Waals surface area contributed by atoms with E-state index in [1.54, 1.807) is 12.1 Å². The van der Waals surface area contributed by atoms with E-state index in [9.17, 15) is 22.4 Å². The maximum Gasteiger partial charge on any atom is 0.419 e.